The topological polar surface area (TPSA) is 93.7 Å². The van der Waals surface area contributed by atoms with Crippen molar-refractivity contribution in [1.29, 1.82) is 0 Å². The van der Waals surface area contributed by atoms with E-state index in [-0.39, 0.29) is 18.4 Å². The maximum absolute atomic E-state index is 12.3. The number of anilines is 1. The first-order valence-electron chi connectivity index (χ1n) is 7.79. The van der Waals surface area contributed by atoms with Crippen LogP contribution >= 0.6 is 0 Å². The minimum Gasteiger partial charge on any atom is -0.467 e. The molecule has 1 atom stereocenters. The number of hydrogen-bond donors (Lipinski definition) is 2. The number of hydrogen-bond acceptors (Lipinski definition) is 5. The first-order valence-corrected chi connectivity index (χ1v) is 7.79. The number of ether oxygens (including phenoxy) is 2. The minimum atomic E-state index is -0.695. The van der Waals surface area contributed by atoms with Crippen LogP contribution in [0, 0.1) is 5.92 Å². The third-order valence-electron chi connectivity index (χ3n) is 3.17. The summed E-state index contributed by atoms with van der Waals surface area (Å²) < 4.78 is 9.49. The summed E-state index contributed by atoms with van der Waals surface area (Å²) >= 11 is 0. The van der Waals surface area contributed by atoms with Crippen molar-refractivity contribution >= 4 is 23.7 Å². The molecule has 7 nitrogen and oxygen atoms in total. The molecule has 0 unspecified atom stereocenters. The Morgan fingerprint density at radius 1 is 1.12 bits per heavy atom. The van der Waals surface area contributed by atoms with Gasteiger partial charge < -0.3 is 14.8 Å². The zero-order chi connectivity index (χ0) is 18.1. The summed E-state index contributed by atoms with van der Waals surface area (Å²) in [6.07, 6.45) is -0.0710. The van der Waals surface area contributed by atoms with Crippen LogP contribution in [0.1, 0.15) is 37.6 Å². The van der Waals surface area contributed by atoms with Crippen LogP contribution in [-0.2, 0) is 14.3 Å². The van der Waals surface area contributed by atoms with Crippen LogP contribution in [0.25, 0.3) is 0 Å². The number of amides is 2. The van der Waals surface area contributed by atoms with Crippen molar-refractivity contribution in [2.24, 2.45) is 5.92 Å². The summed E-state index contributed by atoms with van der Waals surface area (Å²) in [5, 5.41) is 5.21. The molecule has 7 heteroatoms. The average molecular weight is 336 g/mol. The van der Waals surface area contributed by atoms with Gasteiger partial charge in [0.2, 0.25) is 0 Å². The van der Waals surface area contributed by atoms with Gasteiger partial charge in [0.1, 0.15) is 6.04 Å². The Morgan fingerprint density at radius 2 is 1.75 bits per heavy atom. The van der Waals surface area contributed by atoms with Gasteiger partial charge >= 0.3 is 12.1 Å². The molecule has 2 N–H and O–H groups in total. The molecule has 0 saturated heterocycles. The summed E-state index contributed by atoms with van der Waals surface area (Å²) in [6, 6.07) is 5.59. The van der Waals surface area contributed by atoms with Gasteiger partial charge in [-0.25, -0.2) is 9.59 Å². The second-order valence-electron chi connectivity index (χ2n) is 5.60. The zero-order valence-corrected chi connectivity index (χ0v) is 14.4. The molecule has 1 aromatic rings. The van der Waals surface area contributed by atoms with Crippen LogP contribution in [0.4, 0.5) is 10.5 Å². The molecule has 0 heterocycles. The van der Waals surface area contributed by atoms with Gasteiger partial charge in [-0.15, -0.1) is 0 Å². The van der Waals surface area contributed by atoms with Crippen molar-refractivity contribution in [3.63, 3.8) is 0 Å². The van der Waals surface area contributed by atoms with Gasteiger partial charge in [-0.05, 0) is 43.5 Å². The van der Waals surface area contributed by atoms with E-state index in [9.17, 15) is 14.4 Å². The molecule has 2 amide bonds. The number of methoxy groups -OCH3 is 1. The van der Waals surface area contributed by atoms with Gasteiger partial charge in [-0.2, -0.15) is 0 Å². The molecule has 0 saturated carbocycles. The highest BCUT2D eigenvalue weighted by Crippen LogP contribution is 2.12. The van der Waals surface area contributed by atoms with Gasteiger partial charge in [0.15, 0.2) is 0 Å². The zero-order valence-electron chi connectivity index (χ0n) is 14.4. The Hall–Kier alpha value is -2.57. The number of carbonyl (C=O) groups excluding carboxylic acids is 3. The number of benzene rings is 1. The van der Waals surface area contributed by atoms with E-state index < -0.39 is 18.1 Å². The van der Waals surface area contributed by atoms with E-state index in [1.807, 2.05) is 13.8 Å². The molecule has 0 aliphatic rings. The highest BCUT2D eigenvalue weighted by atomic mass is 16.5. The van der Waals surface area contributed by atoms with Crippen molar-refractivity contribution in [1.82, 2.24) is 5.32 Å². The molecule has 132 valence electrons. The van der Waals surface area contributed by atoms with E-state index in [4.69, 9.17) is 9.47 Å². The van der Waals surface area contributed by atoms with Crippen LogP contribution in [0.15, 0.2) is 24.3 Å². The van der Waals surface area contributed by atoms with E-state index in [2.05, 4.69) is 10.6 Å². The molecule has 0 aromatic heterocycles. The van der Waals surface area contributed by atoms with E-state index in [1.54, 1.807) is 31.2 Å². The molecule has 0 bridgehead atoms. The molecule has 24 heavy (non-hydrogen) atoms. The van der Waals surface area contributed by atoms with Gasteiger partial charge in [0, 0.05) is 11.3 Å². The Bertz CT molecular complexity index is 569. The smallest absolute Gasteiger partial charge is 0.411 e. The quantitative estimate of drug-likeness (QED) is 0.746. The Kier molecular flexibility index (Phi) is 7.74. The predicted molar refractivity (Wildman–Crippen MR) is 89.8 cm³/mol. The molecule has 0 radical (unpaired) electrons. The Balaban J connectivity index is 2.72. The fraction of sp³-hybridized carbons (Fsp3) is 0.471. The standard InChI is InChI=1S/C17H24N2O5/c1-5-24-17(22)18-13-8-6-12(7-9-13)15(20)19-14(10-11(2)3)16(21)23-4/h6-9,11,14H,5,10H2,1-4H3,(H,18,22)(H,19,20)/t14-/m0/s1. The fourth-order valence-electron chi connectivity index (χ4n) is 2.06. The van der Waals surface area contributed by atoms with Crippen LogP contribution in [0.3, 0.4) is 0 Å². The molecule has 0 spiro atoms. The molecule has 0 aliphatic heterocycles. The number of rotatable bonds is 7. The normalized spacial score (nSPS) is 11.5. The fourth-order valence-corrected chi connectivity index (χ4v) is 2.06. The number of esters is 1. The lowest BCUT2D eigenvalue weighted by Gasteiger charge is -2.18. The lowest BCUT2D eigenvalue weighted by molar-refractivity contribution is -0.143. The number of carbonyl (C=O) groups is 3. The SMILES string of the molecule is CCOC(=O)Nc1ccc(C(=O)N[C@@H](CC(C)C)C(=O)OC)cc1. The largest absolute Gasteiger partial charge is 0.467 e. The summed E-state index contributed by atoms with van der Waals surface area (Å²) in [4.78, 5) is 35.3. The highest BCUT2D eigenvalue weighted by Gasteiger charge is 2.23. The minimum absolute atomic E-state index is 0.227. The van der Waals surface area contributed by atoms with Crippen LogP contribution in [0.5, 0.6) is 0 Å². The summed E-state index contributed by atoms with van der Waals surface area (Å²) in [5.74, 6) is -0.628. The van der Waals surface area contributed by atoms with E-state index in [1.165, 1.54) is 7.11 Å². The highest BCUT2D eigenvalue weighted by molar-refractivity contribution is 5.97. The molecular formula is C17H24N2O5. The van der Waals surface area contributed by atoms with Crippen molar-refractivity contribution in [2.75, 3.05) is 19.0 Å². The first-order chi connectivity index (χ1) is 11.4. The molecule has 0 aliphatic carbocycles. The third kappa shape index (κ3) is 6.28. The van der Waals surface area contributed by atoms with Crippen LogP contribution in [0.2, 0.25) is 0 Å². The molecule has 1 aromatic carbocycles. The summed E-state index contributed by atoms with van der Waals surface area (Å²) in [7, 11) is 1.29. The lowest BCUT2D eigenvalue weighted by atomic mass is 10.0. The maximum atomic E-state index is 12.3. The second kappa shape index (κ2) is 9.54. The third-order valence-corrected chi connectivity index (χ3v) is 3.17. The van der Waals surface area contributed by atoms with Gasteiger partial charge in [0.25, 0.3) is 5.91 Å². The average Bonchev–Trinajstić information content (AvgIpc) is 2.53. The van der Waals surface area contributed by atoms with Crippen molar-refractivity contribution in [3.05, 3.63) is 29.8 Å². The molecular weight excluding hydrogens is 312 g/mol. The van der Waals surface area contributed by atoms with Crippen molar-refractivity contribution < 1.29 is 23.9 Å². The Morgan fingerprint density at radius 3 is 2.25 bits per heavy atom. The van der Waals surface area contributed by atoms with Gasteiger partial charge in [-0.1, -0.05) is 13.8 Å². The van der Waals surface area contributed by atoms with E-state index >= 15 is 0 Å². The molecule has 1 rings (SSSR count). The summed E-state index contributed by atoms with van der Waals surface area (Å²) in [6.45, 7) is 5.90. The maximum Gasteiger partial charge on any atom is 0.411 e. The number of nitrogens with one attached hydrogen (secondary N) is 2. The monoisotopic (exact) mass is 336 g/mol. The predicted octanol–water partition coefficient (Wildman–Crippen LogP) is 2.57. The lowest BCUT2D eigenvalue weighted by Crippen LogP contribution is -2.42. The van der Waals surface area contributed by atoms with Crippen molar-refractivity contribution in [3.8, 4) is 0 Å². The van der Waals surface area contributed by atoms with E-state index in [0.717, 1.165) is 0 Å². The second-order valence-corrected chi connectivity index (χ2v) is 5.60. The Labute approximate surface area is 141 Å². The van der Waals surface area contributed by atoms with Gasteiger partial charge in [0.05, 0.1) is 13.7 Å². The summed E-state index contributed by atoms with van der Waals surface area (Å²) in [5.41, 5.74) is 0.888. The van der Waals surface area contributed by atoms with Crippen LogP contribution < -0.4 is 10.6 Å². The van der Waals surface area contributed by atoms with Crippen molar-refractivity contribution in [2.45, 2.75) is 33.2 Å². The van der Waals surface area contributed by atoms with Gasteiger partial charge in [-0.3, -0.25) is 10.1 Å². The first kappa shape index (κ1) is 19.5. The molecule has 0 fully saturated rings. The van der Waals surface area contributed by atoms with Crippen LogP contribution in [-0.4, -0.2) is 37.7 Å². The van der Waals surface area contributed by atoms with E-state index in [0.29, 0.717) is 17.7 Å².